The summed E-state index contributed by atoms with van der Waals surface area (Å²) in [7, 11) is 0. The SMILES string of the molecule is CC/C(=C\C#CC(C[N+](=O)[O-])C(C(=O)OC(C)(C)C)C(=O)OC(C)(C)C)c1ccc(Cl)cc1. The van der Waals surface area contributed by atoms with Crippen molar-refractivity contribution in [1.82, 2.24) is 0 Å². The standard InChI is InChI=1S/C25H32ClNO6/c1-8-17(18-12-14-20(26)15-13-18)10-9-11-19(16-27(30)31)21(22(28)32-24(2,3)4)23(29)33-25(5,6)7/h10,12-15,19,21H,8,16H2,1-7H3/b17-10+. The van der Waals surface area contributed by atoms with Crippen molar-refractivity contribution in [3.63, 3.8) is 0 Å². The minimum Gasteiger partial charge on any atom is -0.459 e. The third-order valence-corrected chi connectivity index (χ3v) is 4.43. The van der Waals surface area contributed by atoms with E-state index in [0.29, 0.717) is 11.4 Å². The van der Waals surface area contributed by atoms with E-state index in [1.807, 2.05) is 19.1 Å². The molecule has 8 heteroatoms. The number of allylic oxidation sites excluding steroid dienone is 2. The van der Waals surface area contributed by atoms with Crippen molar-refractivity contribution in [2.45, 2.75) is 66.1 Å². The van der Waals surface area contributed by atoms with Crippen LogP contribution < -0.4 is 0 Å². The molecule has 0 heterocycles. The Bertz CT molecular complexity index is 914. The third kappa shape index (κ3) is 10.5. The molecular weight excluding hydrogens is 446 g/mol. The van der Waals surface area contributed by atoms with Crippen LogP contribution in [0.2, 0.25) is 5.02 Å². The lowest BCUT2D eigenvalue weighted by atomic mass is 9.91. The lowest BCUT2D eigenvalue weighted by Gasteiger charge is -2.27. The van der Waals surface area contributed by atoms with Crippen molar-refractivity contribution >= 4 is 29.1 Å². The van der Waals surface area contributed by atoms with E-state index >= 15 is 0 Å². The monoisotopic (exact) mass is 477 g/mol. The minimum absolute atomic E-state index is 0.601. The van der Waals surface area contributed by atoms with Crippen LogP contribution in [0.1, 0.15) is 60.5 Å². The fourth-order valence-electron chi connectivity index (χ4n) is 2.84. The molecule has 1 aromatic carbocycles. The quantitative estimate of drug-likeness (QED) is 0.173. The predicted molar refractivity (Wildman–Crippen MR) is 128 cm³/mol. The molecule has 33 heavy (non-hydrogen) atoms. The highest BCUT2D eigenvalue weighted by atomic mass is 35.5. The van der Waals surface area contributed by atoms with E-state index in [2.05, 4.69) is 11.8 Å². The van der Waals surface area contributed by atoms with E-state index in [0.717, 1.165) is 11.1 Å². The number of ether oxygens (including phenoxy) is 2. The molecule has 1 atom stereocenters. The van der Waals surface area contributed by atoms with Crippen molar-refractivity contribution in [2.75, 3.05) is 6.54 Å². The van der Waals surface area contributed by atoms with Gasteiger partial charge in [-0.2, -0.15) is 0 Å². The second kappa shape index (κ2) is 11.9. The van der Waals surface area contributed by atoms with E-state index in [9.17, 15) is 19.7 Å². The van der Waals surface area contributed by atoms with Crippen LogP contribution in [-0.2, 0) is 19.1 Å². The molecule has 0 bridgehead atoms. The Morgan fingerprint density at radius 1 is 1.06 bits per heavy atom. The van der Waals surface area contributed by atoms with Gasteiger partial charge in [-0.1, -0.05) is 42.5 Å². The number of rotatable bonds is 7. The number of hydrogen-bond donors (Lipinski definition) is 0. The largest absolute Gasteiger partial charge is 0.459 e. The van der Waals surface area contributed by atoms with Crippen LogP contribution in [0.25, 0.3) is 5.57 Å². The van der Waals surface area contributed by atoms with Crippen molar-refractivity contribution in [2.24, 2.45) is 11.8 Å². The maximum Gasteiger partial charge on any atom is 0.322 e. The highest BCUT2D eigenvalue weighted by Gasteiger charge is 2.42. The molecule has 0 amide bonds. The Balaban J connectivity index is 3.40. The molecule has 0 fully saturated rings. The fraction of sp³-hybridized carbons (Fsp3) is 0.520. The van der Waals surface area contributed by atoms with Crippen molar-refractivity contribution in [3.8, 4) is 11.8 Å². The first kappa shape index (κ1) is 28.2. The third-order valence-electron chi connectivity index (χ3n) is 4.18. The summed E-state index contributed by atoms with van der Waals surface area (Å²) < 4.78 is 10.7. The van der Waals surface area contributed by atoms with Crippen LogP contribution in [0.4, 0.5) is 0 Å². The summed E-state index contributed by atoms with van der Waals surface area (Å²) in [5, 5.41) is 11.9. The zero-order valence-corrected chi connectivity index (χ0v) is 21.0. The maximum absolute atomic E-state index is 12.9. The highest BCUT2D eigenvalue weighted by molar-refractivity contribution is 6.30. The van der Waals surface area contributed by atoms with Crippen molar-refractivity contribution in [3.05, 3.63) is 51.0 Å². The Morgan fingerprint density at radius 3 is 1.94 bits per heavy atom. The van der Waals surface area contributed by atoms with Crippen molar-refractivity contribution in [1.29, 1.82) is 0 Å². The maximum atomic E-state index is 12.9. The second-order valence-electron chi connectivity index (χ2n) is 9.49. The molecule has 0 aliphatic carbocycles. The molecule has 7 nitrogen and oxygen atoms in total. The second-order valence-corrected chi connectivity index (χ2v) is 9.92. The Morgan fingerprint density at radius 2 is 1.55 bits per heavy atom. The molecule has 1 aromatic rings. The van der Waals surface area contributed by atoms with Crippen LogP contribution in [0.5, 0.6) is 0 Å². The van der Waals surface area contributed by atoms with Crippen LogP contribution in [0.3, 0.4) is 0 Å². The topological polar surface area (TPSA) is 95.7 Å². The Hall–Kier alpha value is -2.85. The average molecular weight is 478 g/mol. The summed E-state index contributed by atoms with van der Waals surface area (Å²) in [6.45, 7) is 11.1. The van der Waals surface area contributed by atoms with Gasteiger partial charge in [0.05, 0.1) is 0 Å². The van der Waals surface area contributed by atoms with Gasteiger partial charge in [-0.3, -0.25) is 19.7 Å². The number of nitrogens with zero attached hydrogens (tertiary/aromatic N) is 1. The minimum atomic E-state index is -1.56. The van der Waals surface area contributed by atoms with E-state index in [4.69, 9.17) is 21.1 Å². The Kier molecular flexibility index (Phi) is 10.1. The molecule has 1 unspecified atom stereocenters. The number of carbonyl (C=O) groups is 2. The predicted octanol–water partition coefficient (Wildman–Crippen LogP) is 5.33. The number of benzene rings is 1. The number of hydrogen-bond acceptors (Lipinski definition) is 6. The van der Waals surface area contributed by atoms with Gasteiger partial charge in [-0.15, -0.1) is 0 Å². The van der Waals surface area contributed by atoms with E-state index in [-0.39, 0.29) is 0 Å². The van der Waals surface area contributed by atoms with E-state index < -0.39 is 46.4 Å². The van der Waals surface area contributed by atoms with Gasteiger partial charge in [-0.25, -0.2) is 0 Å². The van der Waals surface area contributed by atoms with Gasteiger partial charge in [0.25, 0.3) is 0 Å². The molecule has 1 rings (SSSR count). The summed E-state index contributed by atoms with van der Waals surface area (Å²) in [5.74, 6) is 0.934. The first-order chi connectivity index (χ1) is 15.1. The fourth-order valence-corrected chi connectivity index (χ4v) is 2.97. The number of nitro groups is 1. The van der Waals surface area contributed by atoms with Gasteiger partial charge in [0.1, 0.15) is 17.1 Å². The molecule has 0 radical (unpaired) electrons. The summed E-state index contributed by atoms with van der Waals surface area (Å²) in [4.78, 5) is 36.5. The number of carbonyl (C=O) groups excluding carboxylic acids is 2. The van der Waals surface area contributed by atoms with Crippen molar-refractivity contribution < 1.29 is 24.0 Å². The van der Waals surface area contributed by atoms with Gasteiger partial charge in [-0.05, 0) is 77.3 Å². The van der Waals surface area contributed by atoms with E-state index in [1.54, 1.807) is 59.8 Å². The van der Waals surface area contributed by atoms with Gasteiger partial charge in [0.15, 0.2) is 5.92 Å². The lowest BCUT2D eigenvalue weighted by molar-refractivity contribution is -0.486. The van der Waals surface area contributed by atoms with Crippen LogP contribution in [0, 0.1) is 33.8 Å². The molecule has 0 aromatic heterocycles. The first-order valence-corrected chi connectivity index (χ1v) is 11.0. The number of halogens is 1. The number of esters is 2. The zero-order valence-electron chi connectivity index (χ0n) is 20.2. The zero-order chi connectivity index (χ0) is 25.4. The van der Waals surface area contributed by atoms with Crippen LogP contribution in [-0.4, -0.2) is 34.6 Å². The molecule has 0 N–H and O–H groups in total. The first-order valence-electron chi connectivity index (χ1n) is 10.7. The van der Waals surface area contributed by atoms with Gasteiger partial charge in [0, 0.05) is 9.95 Å². The summed E-state index contributed by atoms with van der Waals surface area (Å²) in [5.41, 5.74) is -0.00954. The molecule has 0 saturated carbocycles. The molecule has 0 aliphatic rings. The summed E-state index contributed by atoms with van der Waals surface area (Å²) in [6, 6.07) is 7.20. The van der Waals surface area contributed by atoms with Gasteiger partial charge < -0.3 is 9.47 Å². The van der Waals surface area contributed by atoms with E-state index in [1.165, 1.54) is 0 Å². The van der Waals surface area contributed by atoms with Crippen LogP contribution >= 0.6 is 11.6 Å². The lowest BCUT2D eigenvalue weighted by Crippen LogP contribution is -2.42. The summed E-state index contributed by atoms with van der Waals surface area (Å²) in [6.07, 6.45) is 2.27. The van der Waals surface area contributed by atoms with Gasteiger partial charge >= 0.3 is 11.9 Å². The summed E-state index contributed by atoms with van der Waals surface area (Å²) >= 11 is 5.94. The molecular formula is C25H32ClNO6. The molecule has 0 saturated heterocycles. The van der Waals surface area contributed by atoms with Gasteiger partial charge in [0.2, 0.25) is 6.54 Å². The smallest absolute Gasteiger partial charge is 0.322 e. The van der Waals surface area contributed by atoms with Crippen LogP contribution in [0.15, 0.2) is 30.3 Å². The average Bonchev–Trinajstić information content (AvgIpc) is 2.62. The normalized spacial score (nSPS) is 13.1. The highest BCUT2D eigenvalue weighted by Crippen LogP contribution is 2.24. The molecule has 0 aliphatic heterocycles. The Labute approximate surface area is 200 Å². The molecule has 0 spiro atoms. The molecule has 180 valence electrons.